The van der Waals surface area contributed by atoms with Crippen molar-refractivity contribution < 1.29 is 64.6 Å². The second-order valence-corrected chi connectivity index (χ2v) is 16.4. The highest BCUT2D eigenvalue weighted by molar-refractivity contribution is 7.81. The Bertz CT molecular complexity index is 2840. The number of aromatic nitrogens is 1. The molecule has 0 bridgehead atoms. The largest absolute Gasteiger partial charge is 0.487 e. The second-order valence-electron chi connectivity index (χ2n) is 16.0. The first-order chi connectivity index (χ1) is 31.2. The van der Waals surface area contributed by atoms with Crippen molar-refractivity contribution in [2.24, 2.45) is 0 Å². The van der Waals surface area contributed by atoms with E-state index in [4.69, 9.17) is 27.0 Å². The number of piperidine rings is 2. The zero-order valence-corrected chi connectivity index (χ0v) is 35.3. The van der Waals surface area contributed by atoms with Gasteiger partial charge in [-0.2, -0.15) is 18.4 Å². The number of likely N-dealkylation sites (tertiary alicyclic amines) is 1. The molecule has 8 rings (SSSR count). The van der Waals surface area contributed by atoms with Gasteiger partial charge in [0.05, 0.1) is 40.3 Å². The van der Waals surface area contributed by atoms with Crippen molar-refractivity contribution in [3.8, 4) is 28.8 Å². The Morgan fingerprint density at radius 1 is 0.955 bits per heavy atom. The summed E-state index contributed by atoms with van der Waals surface area (Å²) >= 11 is 5.42. The standard InChI is InChI=1S/C44H33F6N7O8S/c1-43(2)41(63)56(28-8-6-22(18-51)35(36(28)47)44(48,49)50)42(66)57(43)23-17-27(46)37(52-19-23)21-7-10-30(26(45)16-21)65-24-12-14-54(15-13-24)33(59)20-64-31-5-3-4-25-34(31)40(62)55(39(25)61)29-9-11-32(58)53-38(29)60/h3-8,10,16-17,19,24,29H,9,11-15,20H2,1-2H3,(H,53,58,60). The van der Waals surface area contributed by atoms with Gasteiger partial charge in [0, 0.05) is 44.0 Å². The number of rotatable bonds is 9. The zero-order chi connectivity index (χ0) is 47.6. The molecule has 5 heterocycles. The van der Waals surface area contributed by atoms with Gasteiger partial charge in [0.2, 0.25) is 11.8 Å². The number of benzene rings is 3. The fourth-order valence-corrected chi connectivity index (χ4v) is 8.81. The van der Waals surface area contributed by atoms with Crippen LogP contribution in [-0.4, -0.2) is 92.7 Å². The summed E-state index contributed by atoms with van der Waals surface area (Å²) in [6.45, 7) is 2.56. The Morgan fingerprint density at radius 2 is 1.68 bits per heavy atom. The lowest BCUT2D eigenvalue weighted by Gasteiger charge is -2.32. The van der Waals surface area contributed by atoms with Gasteiger partial charge in [-0.15, -0.1) is 0 Å². The average molecular weight is 934 g/mol. The summed E-state index contributed by atoms with van der Waals surface area (Å²) in [7, 11) is 0. The summed E-state index contributed by atoms with van der Waals surface area (Å²) in [4.78, 5) is 85.3. The van der Waals surface area contributed by atoms with Crippen LogP contribution in [0.5, 0.6) is 11.5 Å². The predicted molar refractivity (Wildman–Crippen MR) is 221 cm³/mol. The molecule has 0 saturated carbocycles. The number of hydrogen-bond acceptors (Lipinski definition) is 11. The maximum Gasteiger partial charge on any atom is 0.420 e. The molecule has 0 spiro atoms. The first kappa shape index (κ1) is 45.2. The van der Waals surface area contributed by atoms with E-state index in [0.717, 1.165) is 34.2 Å². The number of nitrogens with one attached hydrogen (secondary N) is 1. The summed E-state index contributed by atoms with van der Waals surface area (Å²) in [6, 6.07) is 10.4. The smallest absolute Gasteiger partial charge is 0.420 e. The van der Waals surface area contributed by atoms with Gasteiger partial charge in [-0.25, -0.2) is 13.2 Å². The normalized spacial score (nSPS) is 18.7. The number of nitrogens with zero attached hydrogens (tertiary/aromatic N) is 6. The molecular formula is C44H33F6N7O8S. The van der Waals surface area contributed by atoms with Gasteiger partial charge in [-0.1, -0.05) is 6.07 Å². The first-order valence-corrected chi connectivity index (χ1v) is 20.5. The summed E-state index contributed by atoms with van der Waals surface area (Å²) in [5, 5.41) is 10.8. The van der Waals surface area contributed by atoms with E-state index < -0.39 is 105 Å². The number of halogens is 6. The topological polar surface area (TPSA) is 183 Å². The van der Waals surface area contributed by atoms with Crippen LogP contribution in [0.2, 0.25) is 0 Å². The third-order valence-electron chi connectivity index (χ3n) is 11.6. The van der Waals surface area contributed by atoms with Crippen molar-refractivity contribution in [1.29, 1.82) is 5.26 Å². The quantitative estimate of drug-likeness (QED) is 0.121. The zero-order valence-electron chi connectivity index (χ0n) is 34.5. The van der Waals surface area contributed by atoms with E-state index in [1.807, 2.05) is 0 Å². The third kappa shape index (κ3) is 7.81. The number of thiocarbonyl (C=S) groups is 1. The molecule has 1 unspecified atom stereocenters. The Balaban J connectivity index is 0.887. The van der Waals surface area contributed by atoms with Gasteiger partial charge in [-0.3, -0.25) is 48.9 Å². The molecule has 0 aliphatic carbocycles. The van der Waals surface area contributed by atoms with Crippen LogP contribution in [0.1, 0.15) is 71.4 Å². The molecule has 22 heteroatoms. The van der Waals surface area contributed by atoms with Crippen LogP contribution in [-0.2, 0) is 25.4 Å². The van der Waals surface area contributed by atoms with Gasteiger partial charge in [0.15, 0.2) is 34.9 Å². The van der Waals surface area contributed by atoms with Crippen molar-refractivity contribution in [1.82, 2.24) is 20.1 Å². The molecular weight excluding hydrogens is 901 g/mol. The van der Waals surface area contributed by atoms with Crippen LogP contribution < -0.4 is 24.6 Å². The van der Waals surface area contributed by atoms with Crippen LogP contribution >= 0.6 is 12.2 Å². The number of amides is 6. The molecule has 3 fully saturated rings. The summed E-state index contributed by atoms with van der Waals surface area (Å²) in [5.41, 5.74) is -6.01. The van der Waals surface area contributed by atoms with Gasteiger partial charge < -0.3 is 19.3 Å². The number of carbonyl (C=O) groups is 6. The van der Waals surface area contributed by atoms with E-state index in [1.54, 1.807) is 0 Å². The summed E-state index contributed by atoms with van der Waals surface area (Å²) in [6.07, 6.45) is -4.22. The molecule has 6 amide bonds. The number of carbonyl (C=O) groups excluding carboxylic acids is 6. The molecule has 0 radical (unpaired) electrons. The third-order valence-corrected chi connectivity index (χ3v) is 12.0. The monoisotopic (exact) mass is 933 g/mol. The maximum absolute atomic E-state index is 15.8. The first-order valence-electron chi connectivity index (χ1n) is 20.1. The van der Waals surface area contributed by atoms with Gasteiger partial charge in [-0.05, 0) is 75.0 Å². The SMILES string of the molecule is CC1(C)C(=O)N(c2ccc(C#N)c(C(F)(F)F)c2F)C(=S)N1c1cnc(-c2ccc(OC3CCN(C(=O)COc4cccc5c4C(=O)N(C4CCC(=O)NC4=O)C5=O)CC3)c(F)c2)c(F)c1. The van der Waals surface area contributed by atoms with E-state index in [2.05, 4.69) is 10.3 Å². The molecule has 1 atom stereocenters. The fourth-order valence-electron chi connectivity index (χ4n) is 8.29. The molecule has 3 saturated heterocycles. The van der Waals surface area contributed by atoms with Gasteiger partial charge >= 0.3 is 6.18 Å². The molecule has 1 aromatic heterocycles. The van der Waals surface area contributed by atoms with E-state index >= 15 is 13.2 Å². The predicted octanol–water partition coefficient (Wildman–Crippen LogP) is 5.82. The van der Waals surface area contributed by atoms with Crippen molar-refractivity contribution in [2.75, 3.05) is 29.5 Å². The highest BCUT2D eigenvalue weighted by Crippen LogP contribution is 2.43. The molecule has 340 valence electrons. The second kappa shape index (κ2) is 16.9. The number of fused-ring (bicyclic) bond motifs is 1. The van der Waals surface area contributed by atoms with Crippen LogP contribution in [0.15, 0.2) is 60.8 Å². The maximum atomic E-state index is 15.8. The Kier molecular flexibility index (Phi) is 11.5. The highest BCUT2D eigenvalue weighted by Gasteiger charge is 2.52. The Labute approximate surface area is 375 Å². The molecule has 4 aliphatic heterocycles. The van der Waals surface area contributed by atoms with Gasteiger partial charge in [0.1, 0.15) is 34.7 Å². The molecule has 15 nitrogen and oxygen atoms in total. The lowest BCUT2D eigenvalue weighted by Crippen LogP contribution is -2.54. The number of alkyl halides is 3. The van der Waals surface area contributed by atoms with Crippen LogP contribution in [0.4, 0.5) is 37.7 Å². The van der Waals surface area contributed by atoms with Crippen molar-refractivity contribution in [2.45, 2.75) is 63.4 Å². The van der Waals surface area contributed by atoms with Crippen molar-refractivity contribution >= 4 is 64.1 Å². The van der Waals surface area contributed by atoms with E-state index in [-0.39, 0.29) is 78.3 Å². The minimum absolute atomic E-state index is 0.00949. The van der Waals surface area contributed by atoms with E-state index in [0.29, 0.717) is 11.0 Å². The lowest BCUT2D eigenvalue weighted by atomic mass is 10.0. The molecule has 3 aromatic carbocycles. The molecule has 1 N–H and O–H groups in total. The Hall–Kier alpha value is -7.41. The number of hydrogen-bond donors (Lipinski definition) is 1. The minimum atomic E-state index is -5.29. The van der Waals surface area contributed by atoms with Crippen LogP contribution in [0, 0.1) is 28.8 Å². The van der Waals surface area contributed by atoms with Crippen LogP contribution in [0.3, 0.4) is 0 Å². The van der Waals surface area contributed by atoms with Gasteiger partial charge in [0.25, 0.3) is 23.6 Å². The number of anilines is 2. The van der Waals surface area contributed by atoms with E-state index in [1.165, 1.54) is 55.1 Å². The number of ether oxygens (including phenoxy) is 2. The van der Waals surface area contributed by atoms with Crippen molar-refractivity contribution in [3.05, 3.63) is 100 Å². The Morgan fingerprint density at radius 3 is 2.33 bits per heavy atom. The number of imide groups is 2. The van der Waals surface area contributed by atoms with Crippen LogP contribution in [0.25, 0.3) is 11.3 Å². The number of nitriles is 1. The average Bonchev–Trinajstić information content (AvgIpc) is 3.62. The lowest BCUT2D eigenvalue weighted by molar-refractivity contribution is -0.140. The fraction of sp³-hybridized carbons (Fsp3) is 0.295. The van der Waals surface area contributed by atoms with Crippen molar-refractivity contribution in [3.63, 3.8) is 0 Å². The summed E-state index contributed by atoms with van der Waals surface area (Å²) < 4.78 is 99.6. The summed E-state index contributed by atoms with van der Waals surface area (Å²) in [5.74, 6) is -8.16. The molecule has 66 heavy (non-hydrogen) atoms. The molecule has 4 aromatic rings. The number of pyridine rings is 1. The minimum Gasteiger partial charge on any atom is -0.487 e. The van der Waals surface area contributed by atoms with E-state index in [9.17, 15) is 41.9 Å². The molecule has 4 aliphatic rings. The highest BCUT2D eigenvalue weighted by atomic mass is 32.1.